The van der Waals surface area contributed by atoms with Gasteiger partial charge in [-0.15, -0.1) is 0 Å². The molecule has 21 heavy (non-hydrogen) atoms. The summed E-state index contributed by atoms with van der Waals surface area (Å²) in [6.07, 6.45) is 0.971. The van der Waals surface area contributed by atoms with Crippen LogP contribution in [0, 0.1) is 19.8 Å². The standard InChI is InChI=1S/C18H25N3/c1-6-19-17-11-15(10-12(2)3)20-18(21-17)16-9-7-8-13(4)14(16)5/h7-9,11-12H,6,10H2,1-5H3,(H,19,20,21). The van der Waals surface area contributed by atoms with E-state index in [1.54, 1.807) is 0 Å². The Labute approximate surface area is 127 Å². The van der Waals surface area contributed by atoms with Gasteiger partial charge in [0.15, 0.2) is 5.82 Å². The maximum absolute atomic E-state index is 4.78. The molecule has 1 aromatic carbocycles. The monoisotopic (exact) mass is 283 g/mol. The van der Waals surface area contributed by atoms with Crippen LogP contribution in [0.15, 0.2) is 24.3 Å². The Morgan fingerprint density at radius 2 is 1.90 bits per heavy atom. The molecule has 0 atom stereocenters. The van der Waals surface area contributed by atoms with Crippen LogP contribution in [0.3, 0.4) is 0 Å². The lowest BCUT2D eigenvalue weighted by atomic mass is 10.0. The Bertz CT molecular complexity index is 618. The molecule has 0 unspecified atom stereocenters. The molecule has 1 N–H and O–H groups in total. The van der Waals surface area contributed by atoms with Crippen LogP contribution in [0.5, 0.6) is 0 Å². The van der Waals surface area contributed by atoms with Gasteiger partial charge in [-0.2, -0.15) is 0 Å². The van der Waals surface area contributed by atoms with E-state index in [0.717, 1.165) is 35.9 Å². The van der Waals surface area contributed by atoms with Crippen LogP contribution in [0.2, 0.25) is 0 Å². The van der Waals surface area contributed by atoms with Gasteiger partial charge in [-0.25, -0.2) is 9.97 Å². The SMILES string of the molecule is CCNc1cc(CC(C)C)nc(-c2cccc(C)c2C)n1. The van der Waals surface area contributed by atoms with E-state index in [9.17, 15) is 0 Å². The average molecular weight is 283 g/mol. The maximum Gasteiger partial charge on any atom is 0.162 e. The molecule has 0 amide bonds. The highest BCUT2D eigenvalue weighted by atomic mass is 15.0. The van der Waals surface area contributed by atoms with Gasteiger partial charge in [-0.3, -0.25) is 0 Å². The van der Waals surface area contributed by atoms with Crippen molar-refractivity contribution in [2.75, 3.05) is 11.9 Å². The minimum atomic E-state index is 0.584. The third-order valence-corrected chi connectivity index (χ3v) is 3.60. The number of benzene rings is 1. The number of rotatable bonds is 5. The predicted molar refractivity (Wildman–Crippen MR) is 89.6 cm³/mol. The van der Waals surface area contributed by atoms with Gasteiger partial charge in [0.1, 0.15) is 5.82 Å². The molecular formula is C18H25N3. The first-order chi connectivity index (χ1) is 10.0. The van der Waals surface area contributed by atoms with E-state index >= 15 is 0 Å². The normalized spacial score (nSPS) is 11.0. The van der Waals surface area contributed by atoms with Crippen molar-refractivity contribution in [2.45, 2.75) is 41.0 Å². The van der Waals surface area contributed by atoms with E-state index in [0.29, 0.717) is 5.92 Å². The molecule has 0 aliphatic heterocycles. The fraction of sp³-hybridized carbons (Fsp3) is 0.444. The Morgan fingerprint density at radius 1 is 1.14 bits per heavy atom. The van der Waals surface area contributed by atoms with Crippen molar-refractivity contribution >= 4 is 5.82 Å². The lowest BCUT2D eigenvalue weighted by Gasteiger charge is -2.12. The zero-order valence-corrected chi connectivity index (χ0v) is 13.7. The third kappa shape index (κ3) is 3.81. The van der Waals surface area contributed by atoms with Gasteiger partial charge in [0.2, 0.25) is 0 Å². The summed E-state index contributed by atoms with van der Waals surface area (Å²) in [5, 5.41) is 3.31. The summed E-state index contributed by atoms with van der Waals surface area (Å²) in [6.45, 7) is 11.6. The first-order valence-electron chi connectivity index (χ1n) is 7.69. The quantitative estimate of drug-likeness (QED) is 0.884. The van der Waals surface area contributed by atoms with Crippen molar-refractivity contribution in [1.82, 2.24) is 9.97 Å². The van der Waals surface area contributed by atoms with Gasteiger partial charge in [-0.1, -0.05) is 32.0 Å². The molecule has 0 bridgehead atoms. The highest BCUT2D eigenvalue weighted by Gasteiger charge is 2.11. The minimum absolute atomic E-state index is 0.584. The van der Waals surface area contributed by atoms with E-state index in [1.165, 1.54) is 11.1 Å². The molecule has 3 heteroatoms. The molecule has 112 valence electrons. The molecule has 1 aromatic heterocycles. The molecule has 0 saturated carbocycles. The summed E-state index contributed by atoms with van der Waals surface area (Å²) in [5.74, 6) is 2.32. The fourth-order valence-corrected chi connectivity index (χ4v) is 2.41. The average Bonchev–Trinajstić information content (AvgIpc) is 2.41. The Balaban J connectivity index is 2.51. The molecule has 0 saturated heterocycles. The number of hydrogen-bond donors (Lipinski definition) is 1. The van der Waals surface area contributed by atoms with Crippen LogP contribution in [-0.4, -0.2) is 16.5 Å². The first-order valence-corrected chi connectivity index (χ1v) is 7.69. The predicted octanol–water partition coefficient (Wildman–Crippen LogP) is 4.39. The van der Waals surface area contributed by atoms with Crippen molar-refractivity contribution in [2.24, 2.45) is 5.92 Å². The van der Waals surface area contributed by atoms with E-state index in [1.807, 2.05) is 0 Å². The second kappa shape index (κ2) is 6.70. The molecule has 2 rings (SSSR count). The molecular weight excluding hydrogens is 258 g/mol. The molecule has 0 radical (unpaired) electrons. The summed E-state index contributed by atoms with van der Waals surface area (Å²) in [5.41, 5.74) is 4.75. The zero-order valence-electron chi connectivity index (χ0n) is 13.7. The lowest BCUT2D eigenvalue weighted by molar-refractivity contribution is 0.635. The maximum atomic E-state index is 4.78. The summed E-state index contributed by atoms with van der Waals surface area (Å²) in [6, 6.07) is 8.37. The van der Waals surface area contributed by atoms with Crippen molar-refractivity contribution in [3.8, 4) is 11.4 Å². The van der Waals surface area contributed by atoms with Crippen molar-refractivity contribution < 1.29 is 0 Å². The Kier molecular flexibility index (Phi) is 4.94. The Morgan fingerprint density at radius 3 is 2.57 bits per heavy atom. The summed E-state index contributed by atoms with van der Waals surface area (Å²) in [7, 11) is 0. The highest BCUT2D eigenvalue weighted by Crippen LogP contribution is 2.24. The van der Waals surface area contributed by atoms with E-state index in [-0.39, 0.29) is 0 Å². The summed E-state index contributed by atoms with van der Waals surface area (Å²) in [4.78, 5) is 9.46. The van der Waals surface area contributed by atoms with Crippen LogP contribution in [0.4, 0.5) is 5.82 Å². The second-order valence-electron chi connectivity index (χ2n) is 5.94. The van der Waals surface area contributed by atoms with Gasteiger partial charge < -0.3 is 5.32 Å². The summed E-state index contributed by atoms with van der Waals surface area (Å²) < 4.78 is 0. The van der Waals surface area contributed by atoms with Gasteiger partial charge in [0, 0.05) is 23.9 Å². The molecule has 1 heterocycles. The zero-order chi connectivity index (χ0) is 15.4. The molecule has 2 aromatic rings. The minimum Gasteiger partial charge on any atom is -0.370 e. The van der Waals surface area contributed by atoms with Crippen LogP contribution < -0.4 is 5.32 Å². The van der Waals surface area contributed by atoms with Gasteiger partial charge in [-0.05, 0) is 44.2 Å². The first kappa shape index (κ1) is 15.5. The highest BCUT2D eigenvalue weighted by molar-refractivity contribution is 5.63. The number of aromatic nitrogens is 2. The molecule has 0 fully saturated rings. The molecule has 3 nitrogen and oxygen atoms in total. The van der Waals surface area contributed by atoms with Crippen molar-refractivity contribution in [3.05, 3.63) is 41.1 Å². The number of anilines is 1. The third-order valence-electron chi connectivity index (χ3n) is 3.60. The molecule has 0 aliphatic rings. The van der Waals surface area contributed by atoms with E-state index < -0.39 is 0 Å². The fourth-order valence-electron chi connectivity index (χ4n) is 2.41. The van der Waals surface area contributed by atoms with Crippen LogP contribution in [0.1, 0.15) is 37.6 Å². The van der Waals surface area contributed by atoms with Crippen LogP contribution in [-0.2, 0) is 6.42 Å². The number of hydrogen-bond acceptors (Lipinski definition) is 3. The molecule has 0 aliphatic carbocycles. The van der Waals surface area contributed by atoms with Crippen molar-refractivity contribution in [3.63, 3.8) is 0 Å². The van der Waals surface area contributed by atoms with Crippen molar-refractivity contribution in [1.29, 1.82) is 0 Å². The van der Waals surface area contributed by atoms with Gasteiger partial charge >= 0.3 is 0 Å². The van der Waals surface area contributed by atoms with Gasteiger partial charge in [0.05, 0.1) is 0 Å². The van der Waals surface area contributed by atoms with Crippen LogP contribution in [0.25, 0.3) is 11.4 Å². The summed E-state index contributed by atoms with van der Waals surface area (Å²) >= 11 is 0. The second-order valence-corrected chi connectivity index (χ2v) is 5.94. The Hall–Kier alpha value is -1.90. The van der Waals surface area contributed by atoms with Crippen LogP contribution >= 0.6 is 0 Å². The number of aryl methyl sites for hydroxylation is 1. The van der Waals surface area contributed by atoms with Gasteiger partial charge in [0.25, 0.3) is 0 Å². The number of nitrogens with zero attached hydrogens (tertiary/aromatic N) is 2. The van der Waals surface area contributed by atoms with E-state index in [2.05, 4.69) is 69.2 Å². The number of nitrogens with one attached hydrogen (secondary N) is 1. The largest absolute Gasteiger partial charge is 0.370 e. The van der Waals surface area contributed by atoms with E-state index in [4.69, 9.17) is 4.98 Å². The lowest BCUT2D eigenvalue weighted by Crippen LogP contribution is -2.06. The topological polar surface area (TPSA) is 37.8 Å². The molecule has 0 spiro atoms. The smallest absolute Gasteiger partial charge is 0.162 e.